The summed E-state index contributed by atoms with van der Waals surface area (Å²) in [4.78, 5) is 23.7. The molecule has 0 radical (unpaired) electrons. The van der Waals surface area contributed by atoms with Gasteiger partial charge >= 0.3 is 5.97 Å². The first kappa shape index (κ1) is 21.8. The molecule has 0 aliphatic heterocycles. The van der Waals surface area contributed by atoms with E-state index in [1.807, 2.05) is 0 Å². The summed E-state index contributed by atoms with van der Waals surface area (Å²) in [5, 5.41) is 15.2. The number of carbonyl (C=O) groups is 2. The van der Waals surface area contributed by atoms with Gasteiger partial charge in [-0.2, -0.15) is 11.3 Å². The molecule has 30 heavy (non-hydrogen) atoms. The zero-order valence-electron chi connectivity index (χ0n) is 15.5. The number of amides is 1. The average Bonchev–Trinajstić information content (AvgIpc) is 3.26. The molecule has 156 valence electrons. The first-order valence-electron chi connectivity index (χ1n) is 8.67. The second-order valence-electron chi connectivity index (χ2n) is 6.23. The molecule has 0 spiro atoms. The van der Waals surface area contributed by atoms with E-state index in [1.54, 1.807) is 35.7 Å². The molecular weight excluding hydrogens is 448 g/mol. The van der Waals surface area contributed by atoms with Crippen molar-refractivity contribution in [1.29, 1.82) is 0 Å². The minimum Gasteiger partial charge on any atom is -0.478 e. The number of hydrogen-bond donors (Lipinski definition) is 2. The maximum absolute atomic E-state index is 13.1. The summed E-state index contributed by atoms with van der Waals surface area (Å²) in [5.41, 5.74) is 0.942. The lowest BCUT2D eigenvalue weighted by molar-refractivity contribution is -0.119. The summed E-state index contributed by atoms with van der Waals surface area (Å²) >= 11 is 7.25. The number of rotatable bonds is 8. The number of thiophene rings is 1. The zero-order chi connectivity index (χ0) is 21.7. The van der Waals surface area contributed by atoms with E-state index in [9.17, 15) is 18.0 Å². The molecule has 2 aromatic carbocycles. The molecule has 0 fully saturated rings. The van der Waals surface area contributed by atoms with Gasteiger partial charge in [0.25, 0.3) is 10.0 Å². The lowest BCUT2D eigenvalue weighted by atomic mass is 10.1. The molecule has 0 atom stereocenters. The number of hydrogen-bond acceptors (Lipinski definition) is 5. The lowest BCUT2D eigenvalue weighted by Gasteiger charge is -2.23. The largest absolute Gasteiger partial charge is 0.478 e. The van der Waals surface area contributed by atoms with Crippen LogP contribution in [0.25, 0.3) is 0 Å². The molecule has 1 heterocycles. The van der Waals surface area contributed by atoms with Gasteiger partial charge in [0, 0.05) is 16.9 Å². The van der Waals surface area contributed by atoms with Crippen molar-refractivity contribution in [2.45, 2.75) is 11.4 Å². The number of carboxylic acid groups (broad SMARTS) is 1. The Balaban J connectivity index is 1.80. The minimum absolute atomic E-state index is 0.0574. The Morgan fingerprint density at radius 3 is 2.53 bits per heavy atom. The first-order chi connectivity index (χ1) is 14.3. The Kier molecular flexibility index (Phi) is 6.76. The normalized spacial score (nSPS) is 11.1. The average molecular weight is 465 g/mol. The van der Waals surface area contributed by atoms with Gasteiger partial charge in [-0.1, -0.05) is 29.8 Å². The van der Waals surface area contributed by atoms with Crippen molar-refractivity contribution < 1.29 is 23.1 Å². The van der Waals surface area contributed by atoms with Crippen molar-refractivity contribution in [3.63, 3.8) is 0 Å². The van der Waals surface area contributed by atoms with Gasteiger partial charge in [0.15, 0.2) is 0 Å². The van der Waals surface area contributed by atoms with E-state index in [-0.39, 0.29) is 22.7 Å². The molecule has 0 bridgehead atoms. The van der Waals surface area contributed by atoms with E-state index >= 15 is 0 Å². The highest BCUT2D eigenvalue weighted by Gasteiger charge is 2.27. The number of benzene rings is 2. The third kappa shape index (κ3) is 5.18. The van der Waals surface area contributed by atoms with Crippen LogP contribution in [0, 0.1) is 0 Å². The molecule has 0 unspecified atom stereocenters. The Hall–Kier alpha value is -2.88. The van der Waals surface area contributed by atoms with Crippen molar-refractivity contribution in [3.8, 4) is 0 Å². The number of anilines is 1. The molecule has 10 heteroatoms. The van der Waals surface area contributed by atoms with Crippen molar-refractivity contribution in [3.05, 3.63) is 81.5 Å². The fourth-order valence-corrected chi connectivity index (χ4v) is 5.29. The van der Waals surface area contributed by atoms with Crippen LogP contribution in [0.5, 0.6) is 0 Å². The van der Waals surface area contributed by atoms with Crippen LogP contribution in [-0.4, -0.2) is 31.9 Å². The quantitative estimate of drug-likeness (QED) is 0.530. The third-order valence-electron chi connectivity index (χ3n) is 4.13. The smallest absolute Gasteiger partial charge is 0.335 e. The number of carboxylic acids is 1. The van der Waals surface area contributed by atoms with Crippen molar-refractivity contribution in [1.82, 2.24) is 5.32 Å². The highest BCUT2D eigenvalue weighted by molar-refractivity contribution is 7.93. The fourth-order valence-electron chi connectivity index (χ4n) is 2.67. The lowest BCUT2D eigenvalue weighted by Crippen LogP contribution is -2.40. The van der Waals surface area contributed by atoms with Crippen LogP contribution in [-0.2, 0) is 21.4 Å². The molecule has 7 nitrogen and oxygen atoms in total. The first-order valence-corrected chi connectivity index (χ1v) is 11.4. The van der Waals surface area contributed by atoms with Gasteiger partial charge < -0.3 is 10.4 Å². The summed E-state index contributed by atoms with van der Waals surface area (Å²) in [5.74, 6) is -1.62. The maximum atomic E-state index is 13.1. The minimum atomic E-state index is -3.98. The Morgan fingerprint density at radius 1 is 1.10 bits per heavy atom. The van der Waals surface area contributed by atoms with Gasteiger partial charge in [-0.15, -0.1) is 0 Å². The van der Waals surface area contributed by atoms with E-state index in [2.05, 4.69) is 5.32 Å². The number of nitrogens with one attached hydrogen (secondary N) is 1. The molecule has 0 aliphatic rings. The number of nitrogens with zero attached hydrogens (tertiary/aromatic N) is 1. The van der Waals surface area contributed by atoms with Gasteiger partial charge in [-0.3, -0.25) is 9.10 Å². The summed E-state index contributed by atoms with van der Waals surface area (Å²) in [6.07, 6.45) is 0. The standard InChI is InChI=1S/C20H17ClN2O5S2/c21-16-5-2-6-17(10-16)23(30(27,28)18-7-8-29-13-18)12-19(24)22-11-14-3-1-4-15(9-14)20(25)26/h1-10,13H,11-12H2,(H,22,24)(H,25,26). The van der Waals surface area contributed by atoms with Crippen LogP contribution in [0.2, 0.25) is 5.02 Å². The van der Waals surface area contributed by atoms with Gasteiger partial charge in [-0.25, -0.2) is 13.2 Å². The van der Waals surface area contributed by atoms with Crippen LogP contribution in [0.4, 0.5) is 5.69 Å². The molecule has 1 aromatic heterocycles. The summed E-state index contributed by atoms with van der Waals surface area (Å²) < 4.78 is 27.1. The Labute approximate surface area is 182 Å². The molecule has 0 saturated heterocycles. The van der Waals surface area contributed by atoms with Gasteiger partial charge in [0.1, 0.15) is 6.54 Å². The van der Waals surface area contributed by atoms with Crippen LogP contribution in [0.3, 0.4) is 0 Å². The van der Waals surface area contributed by atoms with Gasteiger partial charge in [0.2, 0.25) is 5.91 Å². The molecule has 3 aromatic rings. The molecule has 3 rings (SSSR count). The van der Waals surface area contributed by atoms with E-state index in [0.717, 1.165) is 4.31 Å². The molecule has 0 saturated carbocycles. The van der Waals surface area contributed by atoms with Crippen molar-refractivity contribution in [2.75, 3.05) is 10.8 Å². The fraction of sp³-hybridized carbons (Fsp3) is 0.100. The summed E-state index contributed by atoms with van der Waals surface area (Å²) in [6, 6.07) is 13.8. The topological polar surface area (TPSA) is 104 Å². The van der Waals surface area contributed by atoms with Crippen LogP contribution < -0.4 is 9.62 Å². The summed E-state index contributed by atoms with van der Waals surface area (Å²) in [6.45, 7) is -0.404. The second kappa shape index (κ2) is 9.29. The Morgan fingerprint density at radius 2 is 1.87 bits per heavy atom. The number of carbonyl (C=O) groups excluding carboxylic acids is 1. The number of halogens is 1. The molecule has 1 amide bonds. The van der Waals surface area contributed by atoms with E-state index in [1.165, 1.54) is 41.0 Å². The predicted octanol–water partition coefficient (Wildman–Crippen LogP) is 3.61. The second-order valence-corrected chi connectivity index (χ2v) is 9.31. The van der Waals surface area contributed by atoms with Crippen LogP contribution >= 0.6 is 22.9 Å². The van der Waals surface area contributed by atoms with Gasteiger partial charge in [-0.05, 0) is 47.3 Å². The number of aromatic carboxylic acids is 1. The highest BCUT2D eigenvalue weighted by atomic mass is 35.5. The van der Waals surface area contributed by atoms with E-state index in [0.29, 0.717) is 10.6 Å². The Bertz CT molecular complexity index is 1160. The monoisotopic (exact) mass is 464 g/mol. The maximum Gasteiger partial charge on any atom is 0.335 e. The SMILES string of the molecule is O=C(CN(c1cccc(Cl)c1)S(=O)(=O)c1ccsc1)NCc1cccc(C(=O)O)c1. The number of sulfonamides is 1. The highest BCUT2D eigenvalue weighted by Crippen LogP contribution is 2.27. The molecule has 0 aliphatic carbocycles. The summed E-state index contributed by atoms with van der Waals surface area (Å²) in [7, 11) is -3.98. The van der Waals surface area contributed by atoms with Crippen molar-refractivity contribution in [2.24, 2.45) is 0 Å². The van der Waals surface area contributed by atoms with E-state index < -0.39 is 28.4 Å². The van der Waals surface area contributed by atoms with Crippen molar-refractivity contribution >= 4 is 50.5 Å². The van der Waals surface area contributed by atoms with E-state index in [4.69, 9.17) is 16.7 Å². The zero-order valence-corrected chi connectivity index (χ0v) is 17.9. The third-order valence-corrected chi connectivity index (χ3v) is 6.97. The van der Waals surface area contributed by atoms with Crippen LogP contribution in [0.15, 0.2) is 70.3 Å². The molecular formula is C20H17ClN2O5S2. The predicted molar refractivity (Wildman–Crippen MR) is 116 cm³/mol. The molecule has 2 N–H and O–H groups in total. The van der Waals surface area contributed by atoms with Crippen LogP contribution in [0.1, 0.15) is 15.9 Å². The van der Waals surface area contributed by atoms with Gasteiger partial charge in [0.05, 0.1) is 16.1 Å².